The van der Waals surface area contributed by atoms with E-state index in [4.69, 9.17) is 11.6 Å². The third kappa shape index (κ3) is 5.18. The van der Waals surface area contributed by atoms with Gasteiger partial charge in [0.1, 0.15) is 0 Å². The fraction of sp³-hybridized carbons (Fsp3) is 0.200. The van der Waals surface area contributed by atoms with Crippen molar-refractivity contribution >= 4 is 40.5 Å². The molecule has 0 aliphatic carbocycles. The average Bonchev–Trinajstić information content (AvgIpc) is 2.85. The Kier molecular flexibility index (Phi) is 6.79. The van der Waals surface area contributed by atoms with Crippen molar-refractivity contribution in [2.24, 2.45) is 0 Å². The van der Waals surface area contributed by atoms with E-state index in [0.717, 1.165) is 5.69 Å². The minimum Gasteiger partial charge on any atom is -0.368 e. The van der Waals surface area contributed by atoms with Crippen LogP contribution in [-0.4, -0.2) is 47.8 Å². The molecule has 1 fully saturated rings. The van der Waals surface area contributed by atoms with E-state index in [-0.39, 0.29) is 17.2 Å². The summed E-state index contributed by atoms with van der Waals surface area (Å²) in [5, 5.41) is 14.5. The first-order chi connectivity index (χ1) is 16.3. The molecule has 8 nitrogen and oxygen atoms in total. The number of halogens is 1. The lowest BCUT2D eigenvalue weighted by Crippen LogP contribution is -2.48. The van der Waals surface area contributed by atoms with E-state index in [0.29, 0.717) is 48.0 Å². The molecule has 1 saturated heterocycles. The van der Waals surface area contributed by atoms with Crippen LogP contribution >= 0.6 is 11.6 Å². The maximum Gasteiger partial charge on any atom is 0.273 e. The van der Waals surface area contributed by atoms with Crippen LogP contribution in [0.3, 0.4) is 0 Å². The highest BCUT2D eigenvalue weighted by atomic mass is 35.5. The van der Waals surface area contributed by atoms with Crippen molar-refractivity contribution in [3.05, 3.63) is 98.6 Å². The zero-order chi connectivity index (χ0) is 24.2. The number of nitro benzene ring substituents is 1. The largest absolute Gasteiger partial charge is 0.368 e. The highest BCUT2D eigenvalue weighted by Crippen LogP contribution is 2.23. The highest BCUT2D eigenvalue weighted by Gasteiger charge is 2.22. The van der Waals surface area contributed by atoms with E-state index in [1.165, 1.54) is 6.07 Å². The second-order valence-electron chi connectivity index (χ2n) is 8.05. The van der Waals surface area contributed by atoms with Crippen LogP contribution in [0.25, 0.3) is 0 Å². The molecule has 9 heteroatoms. The minimum absolute atomic E-state index is 0.00859. The summed E-state index contributed by atoms with van der Waals surface area (Å²) >= 11 is 5.90. The number of hydrogen-bond acceptors (Lipinski definition) is 5. The third-order valence-electron chi connectivity index (χ3n) is 5.82. The Morgan fingerprint density at radius 2 is 1.53 bits per heavy atom. The number of piperazine rings is 1. The van der Waals surface area contributed by atoms with Gasteiger partial charge < -0.3 is 15.1 Å². The molecule has 34 heavy (non-hydrogen) atoms. The van der Waals surface area contributed by atoms with Crippen LogP contribution in [0.15, 0.2) is 66.7 Å². The standard InChI is InChI=1S/C25H23ClN4O4/c1-17-2-3-19(16-23(17)30(33)34)24(31)27-21-8-10-22(11-9-21)28-12-14-29(15-13-28)25(32)18-4-6-20(26)7-5-18/h2-11,16H,12-15H2,1H3,(H,27,31). The lowest BCUT2D eigenvalue weighted by molar-refractivity contribution is -0.385. The molecule has 2 amide bonds. The molecule has 3 aromatic carbocycles. The van der Waals surface area contributed by atoms with Gasteiger partial charge in [-0.05, 0) is 61.5 Å². The fourth-order valence-corrected chi connectivity index (χ4v) is 3.97. The van der Waals surface area contributed by atoms with Gasteiger partial charge in [-0.3, -0.25) is 19.7 Å². The maximum absolute atomic E-state index is 12.7. The van der Waals surface area contributed by atoms with Gasteiger partial charge in [0.25, 0.3) is 17.5 Å². The zero-order valence-corrected chi connectivity index (χ0v) is 19.3. The molecule has 0 aromatic heterocycles. The SMILES string of the molecule is Cc1ccc(C(=O)Nc2ccc(N3CCN(C(=O)c4ccc(Cl)cc4)CC3)cc2)cc1[N+](=O)[O-]. The molecular weight excluding hydrogens is 456 g/mol. The summed E-state index contributed by atoms with van der Waals surface area (Å²) in [5.41, 5.74) is 2.84. The Morgan fingerprint density at radius 1 is 0.912 bits per heavy atom. The Hall–Kier alpha value is -3.91. The lowest BCUT2D eigenvalue weighted by Gasteiger charge is -2.36. The molecule has 0 radical (unpaired) electrons. The zero-order valence-electron chi connectivity index (χ0n) is 18.5. The number of anilines is 2. The number of carbonyl (C=O) groups excluding carboxylic acids is 2. The number of nitrogens with one attached hydrogen (secondary N) is 1. The Labute approximate surface area is 201 Å². The van der Waals surface area contributed by atoms with E-state index in [2.05, 4.69) is 10.2 Å². The molecule has 0 atom stereocenters. The molecule has 174 valence electrons. The minimum atomic E-state index is -0.496. The number of nitrogens with zero attached hydrogens (tertiary/aromatic N) is 3. The van der Waals surface area contributed by atoms with Crippen molar-refractivity contribution in [1.82, 2.24) is 4.90 Å². The van der Waals surface area contributed by atoms with E-state index in [9.17, 15) is 19.7 Å². The predicted molar refractivity (Wildman–Crippen MR) is 132 cm³/mol. The fourth-order valence-electron chi connectivity index (χ4n) is 3.85. The van der Waals surface area contributed by atoms with Crippen LogP contribution in [0.5, 0.6) is 0 Å². The summed E-state index contributed by atoms with van der Waals surface area (Å²) in [6.07, 6.45) is 0. The van der Waals surface area contributed by atoms with Gasteiger partial charge in [-0.1, -0.05) is 17.7 Å². The van der Waals surface area contributed by atoms with Gasteiger partial charge in [0.05, 0.1) is 4.92 Å². The molecule has 1 N–H and O–H groups in total. The Bertz CT molecular complexity index is 1220. The van der Waals surface area contributed by atoms with Gasteiger partial charge in [-0.15, -0.1) is 0 Å². The van der Waals surface area contributed by atoms with Crippen molar-refractivity contribution in [1.29, 1.82) is 0 Å². The van der Waals surface area contributed by atoms with Crippen LogP contribution < -0.4 is 10.2 Å². The summed E-state index contributed by atoms with van der Waals surface area (Å²) in [6, 6.07) is 18.7. The van der Waals surface area contributed by atoms with Crippen molar-refractivity contribution < 1.29 is 14.5 Å². The second-order valence-corrected chi connectivity index (χ2v) is 8.48. The first kappa shape index (κ1) is 23.3. The summed E-state index contributed by atoms with van der Waals surface area (Å²) in [6.45, 7) is 4.22. The van der Waals surface area contributed by atoms with Crippen molar-refractivity contribution in [3.63, 3.8) is 0 Å². The third-order valence-corrected chi connectivity index (χ3v) is 6.07. The van der Waals surface area contributed by atoms with Crippen molar-refractivity contribution in [2.75, 3.05) is 36.4 Å². The number of carbonyl (C=O) groups is 2. The summed E-state index contributed by atoms with van der Waals surface area (Å²) in [5.74, 6) is -0.420. The molecule has 1 aliphatic rings. The Balaban J connectivity index is 1.35. The summed E-state index contributed by atoms with van der Waals surface area (Å²) in [7, 11) is 0. The first-order valence-electron chi connectivity index (χ1n) is 10.8. The van der Waals surface area contributed by atoms with E-state index < -0.39 is 10.8 Å². The average molecular weight is 479 g/mol. The number of benzene rings is 3. The molecule has 0 unspecified atom stereocenters. The lowest BCUT2D eigenvalue weighted by atomic mass is 10.1. The number of hydrogen-bond donors (Lipinski definition) is 1. The van der Waals surface area contributed by atoms with Gasteiger partial charge in [-0.2, -0.15) is 0 Å². The monoisotopic (exact) mass is 478 g/mol. The van der Waals surface area contributed by atoms with Gasteiger partial charge >= 0.3 is 0 Å². The molecule has 1 aliphatic heterocycles. The van der Waals surface area contributed by atoms with E-state index in [1.54, 1.807) is 55.5 Å². The quantitative estimate of drug-likeness (QED) is 0.421. The summed E-state index contributed by atoms with van der Waals surface area (Å²) < 4.78 is 0. The highest BCUT2D eigenvalue weighted by molar-refractivity contribution is 6.30. The topological polar surface area (TPSA) is 95.8 Å². The second kappa shape index (κ2) is 9.93. The van der Waals surface area contributed by atoms with Gasteiger partial charge in [0, 0.05) is 65.3 Å². The number of aryl methyl sites for hydroxylation is 1. The molecule has 4 rings (SSSR count). The van der Waals surface area contributed by atoms with Crippen LogP contribution in [0.2, 0.25) is 5.02 Å². The number of nitro groups is 1. The maximum atomic E-state index is 12.7. The summed E-state index contributed by atoms with van der Waals surface area (Å²) in [4.78, 5) is 39.9. The molecule has 0 bridgehead atoms. The van der Waals surface area contributed by atoms with Crippen molar-refractivity contribution in [2.45, 2.75) is 6.92 Å². The number of rotatable bonds is 5. The molecule has 0 saturated carbocycles. The Morgan fingerprint density at radius 3 is 2.15 bits per heavy atom. The predicted octanol–water partition coefficient (Wildman–Crippen LogP) is 4.77. The van der Waals surface area contributed by atoms with Gasteiger partial charge in [0.2, 0.25) is 0 Å². The van der Waals surface area contributed by atoms with Crippen LogP contribution in [0, 0.1) is 17.0 Å². The van der Waals surface area contributed by atoms with E-state index in [1.807, 2.05) is 17.0 Å². The molecule has 3 aromatic rings. The van der Waals surface area contributed by atoms with Gasteiger partial charge in [0.15, 0.2) is 0 Å². The van der Waals surface area contributed by atoms with Crippen LogP contribution in [-0.2, 0) is 0 Å². The normalized spacial score (nSPS) is 13.5. The van der Waals surface area contributed by atoms with E-state index >= 15 is 0 Å². The van der Waals surface area contributed by atoms with Crippen LogP contribution in [0.4, 0.5) is 17.1 Å². The number of amides is 2. The molecule has 0 spiro atoms. The molecule has 1 heterocycles. The first-order valence-corrected chi connectivity index (χ1v) is 11.2. The van der Waals surface area contributed by atoms with Crippen LogP contribution in [0.1, 0.15) is 26.3 Å². The molecular formula is C25H23ClN4O4. The van der Waals surface area contributed by atoms with Crippen molar-refractivity contribution in [3.8, 4) is 0 Å². The smallest absolute Gasteiger partial charge is 0.273 e. The van der Waals surface area contributed by atoms with Gasteiger partial charge in [-0.25, -0.2) is 0 Å².